The van der Waals surface area contributed by atoms with Crippen molar-refractivity contribution in [1.29, 1.82) is 0 Å². The Hall–Kier alpha value is -1.14. The Bertz CT molecular complexity index is 328. The number of hydrogen-bond donors (Lipinski definition) is 2. The molecule has 1 rings (SSSR count). The van der Waals surface area contributed by atoms with E-state index in [1.807, 2.05) is 0 Å². The Kier molecular flexibility index (Phi) is 6.95. The van der Waals surface area contributed by atoms with Crippen molar-refractivity contribution in [2.24, 2.45) is 11.8 Å². The van der Waals surface area contributed by atoms with Crippen LogP contribution >= 0.6 is 0 Å². The zero-order valence-corrected chi connectivity index (χ0v) is 12.8. The van der Waals surface area contributed by atoms with Gasteiger partial charge in [0, 0.05) is 38.6 Å². The molecule has 0 saturated carbocycles. The van der Waals surface area contributed by atoms with Crippen molar-refractivity contribution in [1.82, 2.24) is 15.1 Å². The van der Waals surface area contributed by atoms with Crippen molar-refractivity contribution >= 4 is 11.9 Å². The molecule has 1 aliphatic rings. The quantitative estimate of drug-likeness (QED) is 0.649. The SMILES string of the molecule is CC(C(=O)O)C(C)C(=O)NCCCN1CCN(C)CC1. The molecule has 6 heteroatoms. The molecule has 1 heterocycles. The lowest BCUT2D eigenvalue weighted by Gasteiger charge is -2.32. The maximum Gasteiger partial charge on any atom is 0.307 e. The van der Waals surface area contributed by atoms with Crippen molar-refractivity contribution in [2.75, 3.05) is 46.3 Å². The molecule has 0 spiro atoms. The van der Waals surface area contributed by atoms with Crippen LogP contribution < -0.4 is 5.32 Å². The first-order chi connectivity index (χ1) is 9.41. The van der Waals surface area contributed by atoms with Gasteiger partial charge in [0.2, 0.25) is 5.91 Å². The first-order valence-corrected chi connectivity index (χ1v) is 7.33. The molecule has 6 nitrogen and oxygen atoms in total. The van der Waals surface area contributed by atoms with Crippen molar-refractivity contribution < 1.29 is 14.7 Å². The Morgan fingerprint density at radius 2 is 1.75 bits per heavy atom. The van der Waals surface area contributed by atoms with Crippen molar-refractivity contribution in [3.8, 4) is 0 Å². The van der Waals surface area contributed by atoms with E-state index in [0.717, 1.165) is 39.1 Å². The fourth-order valence-corrected chi connectivity index (χ4v) is 2.19. The van der Waals surface area contributed by atoms with Gasteiger partial charge < -0.3 is 20.2 Å². The van der Waals surface area contributed by atoms with Crippen LogP contribution in [-0.4, -0.2) is 73.1 Å². The zero-order chi connectivity index (χ0) is 15.1. The highest BCUT2D eigenvalue weighted by Crippen LogP contribution is 2.10. The Balaban J connectivity index is 2.14. The summed E-state index contributed by atoms with van der Waals surface area (Å²) >= 11 is 0. The monoisotopic (exact) mass is 285 g/mol. The minimum absolute atomic E-state index is 0.168. The van der Waals surface area contributed by atoms with E-state index in [1.165, 1.54) is 0 Å². The predicted molar refractivity (Wildman–Crippen MR) is 77.5 cm³/mol. The summed E-state index contributed by atoms with van der Waals surface area (Å²) in [5, 5.41) is 11.7. The largest absolute Gasteiger partial charge is 0.481 e. The number of likely N-dealkylation sites (N-methyl/N-ethyl adjacent to an activating group) is 1. The van der Waals surface area contributed by atoms with Gasteiger partial charge in [-0.2, -0.15) is 0 Å². The van der Waals surface area contributed by atoms with E-state index >= 15 is 0 Å². The number of carboxylic acids is 1. The molecule has 0 aromatic rings. The fourth-order valence-electron chi connectivity index (χ4n) is 2.19. The summed E-state index contributed by atoms with van der Waals surface area (Å²) in [6, 6.07) is 0. The molecule has 1 amide bonds. The van der Waals surface area contributed by atoms with E-state index in [0.29, 0.717) is 6.54 Å². The van der Waals surface area contributed by atoms with Crippen LogP contribution in [0.3, 0.4) is 0 Å². The second kappa shape index (κ2) is 8.21. The summed E-state index contributed by atoms with van der Waals surface area (Å²) < 4.78 is 0. The molecule has 2 atom stereocenters. The average Bonchev–Trinajstić information content (AvgIpc) is 2.43. The summed E-state index contributed by atoms with van der Waals surface area (Å²) in [4.78, 5) is 27.3. The van der Waals surface area contributed by atoms with Gasteiger partial charge in [-0.15, -0.1) is 0 Å². The number of aliphatic carboxylic acids is 1. The van der Waals surface area contributed by atoms with E-state index in [1.54, 1.807) is 13.8 Å². The number of piperazine rings is 1. The van der Waals surface area contributed by atoms with Crippen LogP contribution in [0.5, 0.6) is 0 Å². The Morgan fingerprint density at radius 1 is 1.15 bits per heavy atom. The van der Waals surface area contributed by atoms with Crippen LogP contribution in [0.2, 0.25) is 0 Å². The van der Waals surface area contributed by atoms with Crippen LogP contribution in [0.25, 0.3) is 0 Å². The summed E-state index contributed by atoms with van der Waals surface area (Å²) in [5.74, 6) is -2.23. The normalized spacial score (nSPS) is 20.4. The maximum absolute atomic E-state index is 11.8. The van der Waals surface area contributed by atoms with Crippen LogP contribution in [0.4, 0.5) is 0 Å². The molecule has 2 N–H and O–H groups in total. The minimum Gasteiger partial charge on any atom is -0.481 e. The number of carboxylic acid groups (broad SMARTS) is 1. The molecule has 0 aliphatic carbocycles. The van der Waals surface area contributed by atoms with Gasteiger partial charge in [-0.05, 0) is 20.0 Å². The molecule has 0 aromatic heterocycles. The highest BCUT2D eigenvalue weighted by atomic mass is 16.4. The molecule has 0 aromatic carbocycles. The van der Waals surface area contributed by atoms with E-state index in [2.05, 4.69) is 22.2 Å². The van der Waals surface area contributed by atoms with Gasteiger partial charge in [0.15, 0.2) is 0 Å². The van der Waals surface area contributed by atoms with E-state index in [-0.39, 0.29) is 5.91 Å². The van der Waals surface area contributed by atoms with Gasteiger partial charge in [0.25, 0.3) is 0 Å². The molecular formula is C14H27N3O3. The standard InChI is InChI=1S/C14H27N3O3/c1-11(12(2)14(19)20)13(18)15-5-4-6-17-9-7-16(3)8-10-17/h11-12H,4-10H2,1-3H3,(H,15,18)(H,19,20). The molecule has 0 radical (unpaired) electrons. The predicted octanol–water partition coefficient (Wildman–Crippen LogP) is 0.0969. The molecule has 116 valence electrons. The smallest absolute Gasteiger partial charge is 0.307 e. The number of rotatable bonds is 7. The molecule has 1 aliphatic heterocycles. The summed E-state index contributed by atoms with van der Waals surface area (Å²) in [7, 11) is 2.13. The van der Waals surface area contributed by atoms with E-state index in [4.69, 9.17) is 5.11 Å². The number of nitrogens with one attached hydrogen (secondary N) is 1. The summed E-state index contributed by atoms with van der Waals surface area (Å²) in [6.07, 6.45) is 0.906. The van der Waals surface area contributed by atoms with Crippen LogP contribution in [0.1, 0.15) is 20.3 Å². The lowest BCUT2D eigenvalue weighted by atomic mass is 9.95. The van der Waals surface area contributed by atoms with Gasteiger partial charge in [-0.25, -0.2) is 0 Å². The molecular weight excluding hydrogens is 258 g/mol. The number of amides is 1. The molecule has 20 heavy (non-hydrogen) atoms. The van der Waals surface area contributed by atoms with Crippen molar-refractivity contribution in [2.45, 2.75) is 20.3 Å². The average molecular weight is 285 g/mol. The third-order valence-electron chi connectivity index (χ3n) is 4.10. The highest BCUT2D eigenvalue weighted by molar-refractivity contribution is 5.84. The summed E-state index contributed by atoms with van der Waals surface area (Å²) in [5.41, 5.74) is 0. The van der Waals surface area contributed by atoms with E-state index in [9.17, 15) is 9.59 Å². The molecule has 1 saturated heterocycles. The Labute approximate surface area is 121 Å². The van der Waals surface area contributed by atoms with Crippen LogP contribution in [0, 0.1) is 11.8 Å². The van der Waals surface area contributed by atoms with Gasteiger partial charge in [-0.1, -0.05) is 13.8 Å². The lowest BCUT2D eigenvalue weighted by Crippen LogP contribution is -2.45. The van der Waals surface area contributed by atoms with Crippen LogP contribution in [-0.2, 0) is 9.59 Å². The first kappa shape index (κ1) is 16.9. The van der Waals surface area contributed by atoms with Gasteiger partial charge >= 0.3 is 5.97 Å². The van der Waals surface area contributed by atoms with Crippen molar-refractivity contribution in [3.05, 3.63) is 0 Å². The molecule has 0 bridgehead atoms. The second-order valence-electron chi connectivity index (χ2n) is 5.71. The maximum atomic E-state index is 11.8. The molecule has 2 unspecified atom stereocenters. The van der Waals surface area contributed by atoms with Gasteiger partial charge in [-0.3, -0.25) is 9.59 Å². The highest BCUT2D eigenvalue weighted by Gasteiger charge is 2.25. The lowest BCUT2D eigenvalue weighted by molar-refractivity contribution is -0.146. The number of nitrogens with zero attached hydrogens (tertiary/aromatic N) is 2. The van der Waals surface area contributed by atoms with Gasteiger partial charge in [0.05, 0.1) is 5.92 Å². The number of hydrogen-bond acceptors (Lipinski definition) is 4. The van der Waals surface area contributed by atoms with Crippen LogP contribution in [0.15, 0.2) is 0 Å². The third kappa shape index (κ3) is 5.46. The number of carbonyl (C=O) groups is 2. The Morgan fingerprint density at radius 3 is 2.30 bits per heavy atom. The minimum atomic E-state index is -0.926. The third-order valence-corrected chi connectivity index (χ3v) is 4.10. The zero-order valence-electron chi connectivity index (χ0n) is 12.8. The van der Waals surface area contributed by atoms with E-state index < -0.39 is 17.8 Å². The molecule has 1 fully saturated rings. The first-order valence-electron chi connectivity index (χ1n) is 7.33. The second-order valence-corrected chi connectivity index (χ2v) is 5.71. The van der Waals surface area contributed by atoms with Gasteiger partial charge in [0.1, 0.15) is 0 Å². The number of carbonyl (C=O) groups excluding carboxylic acids is 1. The van der Waals surface area contributed by atoms with Crippen molar-refractivity contribution in [3.63, 3.8) is 0 Å². The topological polar surface area (TPSA) is 72.9 Å². The fraction of sp³-hybridized carbons (Fsp3) is 0.857. The summed E-state index contributed by atoms with van der Waals surface area (Å²) in [6.45, 7) is 9.18.